The number of phosphoric acid groups is 1. The first kappa shape index (κ1) is 53.2. The molecule has 0 rings (SSSR count). The summed E-state index contributed by atoms with van der Waals surface area (Å²) in [7, 11) is -2.68. The van der Waals surface area contributed by atoms with Gasteiger partial charge in [0.1, 0.15) is 6.61 Å². The van der Waals surface area contributed by atoms with Crippen LogP contribution in [0.1, 0.15) is 155 Å². The van der Waals surface area contributed by atoms with E-state index in [4.69, 9.17) is 18.5 Å². The first-order valence-corrected chi connectivity index (χ1v) is 23.0. The van der Waals surface area contributed by atoms with Crippen molar-refractivity contribution >= 4 is 19.8 Å². The predicted molar refractivity (Wildman–Crippen MR) is 233 cm³/mol. The van der Waals surface area contributed by atoms with Crippen LogP contribution in [0.4, 0.5) is 0 Å². The van der Waals surface area contributed by atoms with E-state index in [2.05, 4.69) is 104 Å². The molecule has 0 amide bonds. The van der Waals surface area contributed by atoms with Crippen LogP contribution in [0.25, 0.3) is 0 Å². The monoisotopic (exact) mass is 804 g/mol. The summed E-state index contributed by atoms with van der Waals surface area (Å²) in [6.45, 7) is 4.00. The molecular weight excluding hydrogens is 725 g/mol. The van der Waals surface area contributed by atoms with Gasteiger partial charge >= 0.3 is 19.8 Å². The molecule has 0 aliphatic heterocycles. The van der Waals surface area contributed by atoms with Gasteiger partial charge < -0.3 is 19.7 Å². The number of carbonyl (C=O) groups excluding carboxylic acids is 2. The standard InChI is InChI=1S/C46H78NO8P/c1-4-6-8-10-12-14-16-18-20-22-24-26-28-30-32-34-36-38-45(48)52-42-44(43-54-56(50,51)53-41-40-47-3)55-46(49)39-37-35-33-31-29-27-25-23-21-19-17-15-13-11-9-7-5-2/h6,8,12-15,18-21,24-27,44,47H,4-5,7,9-11,16-17,22-23,28-43H2,1-3H3,(H,50,51)/b8-6-,14-12-,15-13-,20-18-,21-19-,26-24-,27-25-. The summed E-state index contributed by atoms with van der Waals surface area (Å²) in [6.07, 6.45) is 50.5. The van der Waals surface area contributed by atoms with Gasteiger partial charge in [-0.15, -0.1) is 0 Å². The van der Waals surface area contributed by atoms with Crippen molar-refractivity contribution in [2.75, 3.05) is 33.4 Å². The van der Waals surface area contributed by atoms with Gasteiger partial charge in [0, 0.05) is 19.4 Å². The lowest BCUT2D eigenvalue weighted by atomic mass is 10.1. The smallest absolute Gasteiger partial charge is 0.462 e. The Morgan fingerprint density at radius 1 is 0.571 bits per heavy atom. The lowest BCUT2D eigenvalue weighted by Crippen LogP contribution is -2.29. The summed E-state index contributed by atoms with van der Waals surface area (Å²) >= 11 is 0. The van der Waals surface area contributed by atoms with Crippen LogP contribution in [0.3, 0.4) is 0 Å². The maximum Gasteiger partial charge on any atom is 0.472 e. The van der Waals surface area contributed by atoms with Crippen LogP contribution in [-0.4, -0.2) is 56.3 Å². The number of likely N-dealkylation sites (N-methyl/N-ethyl adjacent to an activating group) is 1. The van der Waals surface area contributed by atoms with Crippen molar-refractivity contribution in [3.8, 4) is 0 Å². The van der Waals surface area contributed by atoms with Crippen LogP contribution in [0.5, 0.6) is 0 Å². The third kappa shape index (κ3) is 40.8. The van der Waals surface area contributed by atoms with E-state index in [9.17, 15) is 19.0 Å². The second kappa shape index (κ2) is 41.8. The average molecular weight is 804 g/mol. The Hall–Kier alpha value is -2.81. The predicted octanol–water partition coefficient (Wildman–Crippen LogP) is 12.3. The van der Waals surface area contributed by atoms with Crippen molar-refractivity contribution in [2.24, 2.45) is 0 Å². The third-order valence-electron chi connectivity index (χ3n) is 8.50. The molecule has 0 saturated carbocycles. The molecule has 0 aromatic rings. The van der Waals surface area contributed by atoms with E-state index in [1.54, 1.807) is 7.05 Å². The van der Waals surface area contributed by atoms with Gasteiger partial charge in [0.2, 0.25) is 0 Å². The van der Waals surface area contributed by atoms with E-state index < -0.39 is 32.5 Å². The van der Waals surface area contributed by atoms with Crippen LogP contribution in [0, 0.1) is 0 Å². The molecule has 0 spiro atoms. The fourth-order valence-electron chi connectivity index (χ4n) is 5.25. The van der Waals surface area contributed by atoms with Crippen molar-refractivity contribution in [1.82, 2.24) is 5.32 Å². The Balaban J connectivity index is 4.34. The Kier molecular flexibility index (Phi) is 39.7. The van der Waals surface area contributed by atoms with Crippen LogP contribution >= 0.6 is 7.82 Å². The molecule has 0 radical (unpaired) electrons. The fraction of sp³-hybridized carbons (Fsp3) is 0.652. The normalized spacial score (nSPS) is 14.1. The maximum atomic E-state index is 12.6. The second-order valence-electron chi connectivity index (χ2n) is 13.8. The number of nitrogens with one attached hydrogen (secondary N) is 1. The van der Waals surface area contributed by atoms with Crippen molar-refractivity contribution < 1.29 is 37.6 Å². The quantitative estimate of drug-likeness (QED) is 0.0271. The summed E-state index contributed by atoms with van der Waals surface area (Å²) < 4.78 is 33.1. The lowest BCUT2D eigenvalue weighted by molar-refractivity contribution is -0.161. The zero-order valence-electron chi connectivity index (χ0n) is 35.3. The second-order valence-corrected chi connectivity index (χ2v) is 15.2. The van der Waals surface area contributed by atoms with E-state index in [1.165, 1.54) is 25.7 Å². The van der Waals surface area contributed by atoms with E-state index in [0.717, 1.165) is 89.9 Å². The lowest BCUT2D eigenvalue weighted by Gasteiger charge is -2.20. The molecule has 0 heterocycles. The number of phosphoric ester groups is 1. The molecule has 0 saturated heterocycles. The molecule has 0 aromatic carbocycles. The van der Waals surface area contributed by atoms with Crippen molar-refractivity contribution in [1.29, 1.82) is 0 Å². The highest BCUT2D eigenvalue weighted by Gasteiger charge is 2.26. The van der Waals surface area contributed by atoms with Gasteiger partial charge in [0.25, 0.3) is 0 Å². The summed E-state index contributed by atoms with van der Waals surface area (Å²) in [6, 6.07) is 0. The number of esters is 2. The zero-order valence-corrected chi connectivity index (χ0v) is 36.2. The minimum absolute atomic E-state index is 0.0306. The first-order valence-electron chi connectivity index (χ1n) is 21.5. The van der Waals surface area contributed by atoms with Crippen molar-refractivity contribution in [2.45, 2.75) is 161 Å². The van der Waals surface area contributed by atoms with Gasteiger partial charge in [0.05, 0.1) is 13.2 Å². The number of carbonyl (C=O) groups is 2. The van der Waals surface area contributed by atoms with E-state index >= 15 is 0 Å². The van der Waals surface area contributed by atoms with Crippen LogP contribution in [-0.2, 0) is 32.7 Å². The SMILES string of the molecule is CC/C=C\C/C=C\C/C=C\C/C=C\CCCCCCC(=O)OCC(COP(=O)(O)OCCNC)OC(=O)CCCCCC/C=C\C/C=C\C/C=C\CCCCC. The molecule has 9 nitrogen and oxygen atoms in total. The number of allylic oxidation sites excluding steroid dienone is 14. The molecule has 56 heavy (non-hydrogen) atoms. The molecule has 0 aromatic heterocycles. The summed E-state index contributed by atoms with van der Waals surface area (Å²) in [4.78, 5) is 35.1. The molecule has 0 fully saturated rings. The molecule has 0 aliphatic carbocycles. The summed E-state index contributed by atoms with van der Waals surface area (Å²) in [5.41, 5.74) is 0. The Morgan fingerprint density at radius 2 is 1.02 bits per heavy atom. The minimum Gasteiger partial charge on any atom is -0.462 e. The summed E-state index contributed by atoms with van der Waals surface area (Å²) in [5.74, 6) is -0.868. The van der Waals surface area contributed by atoms with Gasteiger partial charge in [-0.05, 0) is 96.9 Å². The molecule has 0 bridgehead atoms. The first-order chi connectivity index (χ1) is 27.3. The average Bonchev–Trinajstić information content (AvgIpc) is 3.18. The highest BCUT2D eigenvalue weighted by Crippen LogP contribution is 2.43. The number of hydrogen-bond acceptors (Lipinski definition) is 8. The minimum atomic E-state index is -4.37. The topological polar surface area (TPSA) is 120 Å². The highest BCUT2D eigenvalue weighted by molar-refractivity contribution is 7.47. The number of hydrogen-bond donors (Lipinski definition) is 2. The van der Waals surface area contributed by atoms with Gasteiger partial charge in [-0.3, -0.25) is 18.6 Å². The van der Waals surface area contributed by atoms with Crippen molar-refractivity contribution in [3.63, 3.8) is 0 Å². The third-order valence-corrected chi connectivity index (χ3v) is 9.48. The maximum absolute atomic E-state index is 12.6. The van der Waals surface area contributed by atoms with Gasteiger partial charge in [-0.25, -0.2) is 4.57 Å². The number of ether oxygens (including phenoxy) is 2. The van der Waals surface area contributed by atoms with Gasteiger partial charge in [0.15, 0.2) is 6.10 Å². The van der Waals surface area contributed by atoms with Crippen LogP contribution in [0.15, 0.2) is 85.1 Å². The van der Waals surface area contributed by atoms with Crippen LogP contribution < -0.4 is 5.32 Å². The van der Waals surface area contributed by atoms with Crippen LogP contribution in [0.2, 0.25) is 0 Å². The van der Waals surface area contributed by atoms with E-state index in [1.807, 2.05) is 0 Å². The molecule has 10 heteroatoms. The Bertz CT molecular complexity index is 1190. The number of unbranched alkanes of at least 4 members (excludes halogenated alkanes) is 11. The van der Waals surface area contributed by atoms with Crippen molar-refractivity contribution in [3.05, 3.63) is 85.1 Å². The fourth-order valence-corrected chi connectivity index (χ4v) is 6.01. The molecule has 2 N–H and O–H groups in total. The largest absolute Gasteiger partial charge is 0.472 e. The van der Waals surface area contributed by atoms with Gasteiger partial charge in [-0.2, -0.15) is 0 Å². The number of rotatable bonds is 39. The molecule has 2 atom stereocenters. The highest BCUT2D eigenvalue weighted by atomic mass is 31.2. The molecule has 320 valence electrons. The molecule has 0 aliphatic rings. The van der Waals surface area contributed by atoms with Gasteiger partial charge in [-0.1, -0.05) is 137 Å². The molecule has 2 unspecified atom stereocenters. The summed E-state index contributed by atoms with van der Waals surface area (Å²) in [5, 5.41) is 2.82. The van der Waals surface area contributed by atoms with E-state index in [0.29, 0.717) is 19.4 Å². The zero-order chi connectivity index (χ0) is 41.1. The Labute approximate surface area is 341 Å². The molecular formula is C46H78NO8P. The van der Waals surface area contributed by atoms with E-state index in [-0.39, 0.29) is 26.1 Å². The Morgan fingerprint density at radius 3 is 1.50 bits per heavy atom.